The van der Waals surface area contributed by atoms with Gasteiger partial charge in [0.05, 0.1) is 31.6 Å². The molecule has 0 aromatic carbocycles. The molecule has 1 amide bonds. The highest BCUT2D eigenvalue weighted by Gasteiger charge is 2.29. The van der Waals surface area contributed by atoms with Crippen molar-refractivity contribution in [1.82, 2.24) is 19.9 Å². The average molecular weight is 453 g/mol. The average Bonchev–Trinajstić information content (AvgIpc) is 3.52. The number of aryl methyl sites for hydroxylation is 1. The van der Waals surface area contributed by atoms with E-state index < -0.39 is 12.5 Å². The van der Waals surface area contributed by atoms with Gasteiger partial charge in [-0.05, 0) is 44.9 Å². The number of aromatic nitrogens is 3. The summed E-state index contributed by atoms with van der Waals surface area (Å²) in [6.45, 7) is 1.21. The van der Waals surface area contributed by atoms with Crippen LogP contribution in [0.4, 0.5) is 8.78 Å². The Morgan fingerprint density at radius 3 is 2.50 bits per heavy atom. The van der Waals surface area contributed by atoms with Gasteiger partial charge in [-0.25, -0.2) is 4.98 Å². The fourth-order valence-electron chi connectivity index (χ4n) is 3.99. The molecule has 2 heterocycles. The van der Waals surface area contributed by atoms with Gasteiger partial charge in [0.25, 0.3) is 11.9 Å². The third kappa shape index (κ3) is 5.46. The Morgan fingerprint density at radius 2 is 1.84 bits per heavy atom. The van der Waals surface area contributed by atoms with Gasteiger partial charge < -0.3 is 19.5 Å². The van der Waals surface area contributed by atoms with Gasteiger partial charge in [-0.3, -0.25) is 13.8 Å². The van der Waals surface area contributed by atoms with E-state index in [1.54, 1.807) is 11.6 Å². The molecule has 2 aromatic rings. The van der Waals surface area contributed by atoms with E-state index in [2.05, 4.69) is 15.3 Å². The predicted octanol–water partition coefficient (Wildman–Crippen LogP) is 3.22. The van der Waals surface area contributed by atoms with Crippen molar-refractivity contribution in [2.24, 2.45) is 7.05 Å². The first-order valence-electron chi connectivity index (χ1n) is 11.2. The van der Waals surface area contributed by atoms with Gasteiger partial charge in [0.2, 0.25) is 11.7 Å². The van der Waals surface area contributed by atoms with Crippen LogP contribution in [-0.4, -0.2) is 58.1 Å². The summed E-state index contributed by atoms with van der Waals surface area (Å²) in [7, 11) is 1.72. The number of halogens is 2. The maximum absolute atomic E-state index is 14.9. The van der Waals surface area contributed by atoms with Crippen LogP contribution >= 0.6 is 0 Å². The van der Waals surface area contributed by atoms with Crippen LogP contribution in [0.3, 0.4) is 0 Å². The summed E-state index contributed by atoms with van der Waals surface area (Å²) >= 11 is 0. The maximum Gasteiger partial charge on any atom is 0.297 e. The second-order valence-electron chi connectivity index (χ2n) is 8.61. The number of amides is 1. The van der Waals surface area contributed by atoms with Crippen molar-refractivity contribution in [2.75, 3.05) is 13.3 Å². The van der Waals surface area contributed by atoms with Crippen molar-refractivity contribution >= 4 is 16.9 Å². The molecule has 176 valence electrons. The van der Waals surface area contributed by atoms with Crippen molar-refractivity contribution < 1.29 is 27.8 Å². The first-order chi connectivity index (χ1) is 15.4. The van der Waals surface area contributed by atoms with Gasteiger partial charge in [0, 0.05) is 14.0 Å². The minimum absolute atomic E-state index is 0.0116. The second-order valence-corrected chi connectivity index (χ2v) is 8.61. The molecule has 2 aliphatic rings. The van der Waals surface area contributed by atoms with E-state index in [-0.39, 0.29) is 42.6 Å². The van der Waals surface area contributed by atoms with Gasteiger partial charge >= 0.3 is 0 Å². The van der Waals surface area contributed by atoms with Crippen LogP contribution in [0, 0.1) is 5.82 Å². The van der Waals surface area contributed by atoms with Crippen LogP contribution in [0.5, 0.6) is 11.9 Å². The Hall–Kier alpha value is -2.49. The third-order valence-corrected chi connectivity index (χ3v) is 5.87. The molecule has 2 aromatic heterocycles. The van der Waals surface area contributed by atoms with E-state index in [1.165, 1.54) is 13.1 Å². The van der Waals surface area contributed by atoms with Gasteiger partial charge in [0.15, 0.2) is 0 Å². The molecule has 0 saturated heterocycles. The van der Waals surface area contributed by atoms with Crippen LogP contribution in [0.2, 0.25) is 0 Å². The number of alkyl halides is 1. The lowest BCUT2D eigenvalue weighted by Crippen LogP contribution is -2.39. The summed E-state index contributed by atoms with van der Waals surface area (Å²) in [4.78, 5) is 19.7. The molecule has 32 heavy (non-hydrogen) atoms. The summed E-state index contributed by atoms with van der Waals surface area (Å²) in [5, 5.41) is 2.72. The summed E-state index contributed by atoms with van der Waals surface area (Å²) in [5.41, 5.74) is 0.747. The minimum Gasteiger partial charge on any atom is -0.472 e. The number of imidazole rings is 1. The molecule has 2 fully saturated rings. The number of rotatable bonds is 10. The third-order valence-electron chi connectivity index (χ3n) is 5.87. The van der Waals surface area contributed by atoms with Crippen LogP contribution < -0.4 is 14.8 Å². The highest BCUT2D eigenvalue weighted by Crippen LogP contribution is 2.32. The molecule has 8 nitrogen and oxygen atoms in total. The molecule has 10 heteroatoms. The van der Waals surface area contributed by atoms with E-state index in [9.17, 15) is 13.6 Å². The first-order valence-corrected chi connectivity index (χ1v) is 11.2. The van der Waals surface area contributed by atoms with E-state index >= 15 is 0 Å². The largest absolute Gasteiger partial charge is 0.472 e. The molecule has 1 N–H and O–H groups in total. The number of nitrogens with one attached hydrogen (secondary N) is 1. The van der Waals surface area contributed by atoms with E-state index in [0.717, 1.165) is 38.5 Å². The Kier molecular flexibility index (Phi) is 7.07. The standard InChI is InChI=1S/C22H30F2N4O4/c1-13(29)26-14(9-10-23)12-30-15-3-5-17(6-4-15)32-22-27-18-11-25-21(31-16-7-8-16)19(24)20(18)28(22)2/h11,14-17H,3-10,12H2,1-2H3,(H,26,29)/t14-,15?,17?/m0/s1. The normalized spacial score (nSPS) is 22.0. The molecule has 2 saturated carbocycles. The first kappa shape index (κ1) is 22.7. The topological polar surface area (TPSA) is 87.5 Å². The maximum atomic E-state index is 14.9. The van der Waals surface area contributed by atoms with Crippen LogP contribution in [0.15, 0.2) is 6.20 Å². The van der Waals surface area contributed by atoms with Gasteiger partial charge in [-0.1, -0.05) is 0 Å². The van der Waals surface area contributed by atoms with E-state index in [0.29, 0.717) is 23.7 Å². The number of ether oxygens (including phenoxy) is 3. The van der Waals surface area contributed by atoms with Gasteiger partial charge in [0.1, 0.15) is 23.2 Å². The number of carbonyl (C=O) groups excluding carboxylic acids is 1. The minimum atomic E-state index is -0.515. The van der Waals surface area contributed by atoms with Gasteiger partial charge in [-0.2, -0.15) is 9.37 Å². The number of hydrogen-bond acceptors (Lipinski definition) is 6. The second kappa shape index (κ2) is 9.97. The quantitative estimate of drug-likeness (QED) is 0.596. The van der Waals surface area contributed by atoms with Crippen LogP contribution in [0.25, 0.3) is 11.0 Å². The SMILES string of the molecule is CC(=O)N[C@@H](CCF)COC1CCC(Oc2nc3cnc(OC4CC4)c(F)c3n2C)CC1. The summed E-state index contributed by atoms with van der Waals surface area (Å²) < 4.78 is 46.7. The molecule has 2 aliphatic carbocycles. The van der Waals surface area contributed by atoms with Crippen molar-refractivity contribution in [1.29, 1.82) is 0 Å². The van der Waals surface area contributed by atoms with Crippen molar-refractivity contribution in [2.45, 2.75) is 76.2 Å². The predicted molar refractivity (Wildman–Crippen MR) is 113 cm³/mol. The fourth-order valence-corrected chi connectivity index (χ4v) is 3.99. The highest BCUT2D eigenvalue weighted by molar-refractivity contribution is 5.77. The number of pyridine rings is 1. The fraction of sp³-hybridized carbons (Fsp3) is 0.682. The summed E-state index contributed by atoms with van der Waals surface area (Å²) in [6, 6.07) is 0.0334. The molecule has 0 spiro atoms. The molecular formula is C22H30F2N4O4. The zero-order chi connectivity index (χ0) is 22.7. The molecule has 0 bridgehead atoms. The lowest BCUT2D eigenvalue weighted by Gasteiger charge is -2.29. The monoisotopic (exact) mass is 452 g/mol. The molecule has 0 unspecified atom stereocenters. The van der Waals surface area contributed by atoms with Crippen LogP contribution in [-0.2, 0) is 16.6 Å². The number of nitrogens with zero attached hydrogens (tertiary/aromatic N) is 3. The number of carbonyl (C=O) groups is 1. The van der Waals surface area contributed by atoms with E-state index in [1.807, 2.05) is 0 Å². The molecular weight excluding hydrogens is 422 g/mol. The highest BCUT2D eigenvalue weighted by atomic mass is 19.1. The summed E-state index contributed by atoms with van der Waals surface area (Å²) in [6.07, 6.45) is 6.73. The lowest BCUT2D eigenvalue weighted by molar-refractivity contribution is -0.120. The van der Waals surface area contributed by atoms with Gasteiger partial charge in [-0.15, -0.1) is 0 Å². The number of fused-ring (bicyclic) bond motifs is 1. The zero-order valence-electron chi connectivity index (χ0n) is 18.5. The molecule has 0 radical (unpaired) electrons. The smallest absolute Gasteiger partial charge is 0.297 e. The Balaban J connectivity index is 1.31. The molecule has 1 atom stereocenters. The molecule has 0 aliphatic heterocycles. The lowest BCUT2D eigenvalue weighted by atomic mass is 9.95. The van der Waals surface area contributed by atoms with Crippen molar-refractivity contribution in [3.63, 3.8) is 0 Å². The van der Waals surface area contributed by atoms with Crippen molar-refractivity contribution in [3.8, 4) is 11.9 Å². The summed E-state index contributed by atoms with van der Waals surface area (Å²) in [5.74, 6) is -0.694. The Morgan fingerprint density at radius 1 is 1.19 bits per heavy atom. The molecule has 4 rings (SSSR count). The van der Waals surface area contributed by atoms with Crippen LogP contribution in [0.1, 0.15) is 51.9 Å². The number of hydrogen-bond donors (Lipinski definition) is 1. The Bertz CT molecular complexity index is 942. The van der Waals surface area contributed by atoms with Crippen molar-refractivity contribution in [3.05, 3.63) is 12.0 Å². The van der Waals surface area contributed by atoms with E-state index in [4.69, 9.17) is 14.2 Å². The Labute approximate surface area is 185 Å². The zero-order valence-corrected chi connectivity index (χ0v) is 18.5.